The second kappa shape index (κ2) is 7.87. The summed E-state index contributed by atoms with van der Waals surface area (Å²) in [5.74, 6) is 0.653. The second-order valence-electron chi connectivity index (χ2n) is 7.44. The molecular formula is C23H24N4OS. The minimum Gasteiger partial charge on any atom is -0.326 e. The molecule has 2 heterocycles. The smallest absolute Gasteiger partial charge is 0.225 e. The molecule has 1 amide bonds. The fourth-order valence-electron chi connectivity index (χ4n) is 3.78. The molecule has 0 spiro atoms. The zero-order chi connectivity index (χ0) is 20.5. The first-order valence-corrected chi connectivity index (χ1v) is 10.7. The Bertz CT molecular complexity index is 1210. The Morgan fingerprint density at radius 1 is 1.00 bits per heavy atom. The molecule has 0 saturated carbocycles. The van der Waals surface area contributed by atoms with Gasteiger partial charge in [-0.2, -0.15) is 0 Å². The van der Waals surface area contributed by atoms with Crippen LogP contribution in [0.1, 0.15) is 28.7 Å². The predicted molar refractivity (Wildman–Crippen MR) is 120 cm³/mol. The monoisotopic (exact) mass is 404 g/mol. The molecule has 0 atom stereocenters. The molecule has 6 heteroatoms. The van der Waals surface area contributed by atoms with E-state index in [4.69, 9.17) is 0 Å². The number of hydrogen-bond donors (Lipinski definition) is 1. The molecule has 4 rings (SSSR count). The van der Waals surface area contributed by atoms with Gasteiger partial charge >= 0.3 is 0 Å². The predicted octanol–water partition coefficient (Wildman–Crippen LogP) is 5.24. The Labute approximate surface area is 174 Å². The number of pyridine rings is 1. The molecule has 0 aliphatic carbocycles. The van der Waals surface area contributed by atoms with Gasteiger partial charge < -0.3 is 5.32 Å². The molecule has 0 saturated heterocycles. The van der Waals surface area contributed by atoms with Crippen LogP contribution in [-0.2, 0) is 4.79 Å². The van der Waals surface area contributed by atoms with Crippen LogP contribution in [0.5, 0.6) is 0 Å². The Balaban J connectivity index is 1.48. The summed E-state index contributed by atoms with van der Waals surface area (Å²) < 4.78 is 2.07. The standard InChI is InChI=1S/C23H24N4OS/c1-14-11-16(3)22(17(4)12-14)24-21(28)9-10-29-23-26-25-20-13-15(2)18-7-5-6-8-19(18)27(20)23/h5-8,11-13H,9-10H2,1-4H3,(H,24,28). The van der Waals surface area contributed by atoms with Crippen LogP contribution >= 0.6 is 11.8 Å². The number of anilines is 1. The number of nitrogens with zero attached hydrogens (tertiary/aromatic N) is 3. The fraction of sp³-hybridized carbons (Fsp3) is 0.261. The minimum absolute atomic E-state index is 0.0158. The van der Waals surface area contributed by atoms with Crippen molar-refractivity contribution in [2.75, 3.05) is 11.1 Å². The van der Waals surface area contributed by atoms with E-state index in [1.165, 1.54) is 16.5 Å². The first-order valence-electron chi connectivity index (χ1n) is 9.68. The molecule has 0 aliphatic rings. The maximum atomic E-state index is 12.5. The van der Waals surface area contributed by atoms with Crippen LogP contribution in [0.25, 0.3) is 16.6 Å². The Hall–Kier alpha value is -2.86. The van der Waals surface area contributed by atoms with Crippen molar-refractivity contribution in [2.24, 2.45) is 0 Å². The van der Waals surface area contributed by atoms with Crippen molar-refractivity contribution in [1.82, 2.24) is 14.6 Å². The van der Waals surface area contributed by atoms with Gasteiger partial charge in [0.1, 0.15) is 0 Å². The number of rotatable bonds is 5. The Kier molecular flexibility index (Phi) is 5.28. The average Bonchev–Trinajstić information content (AvgIpc) is 3.08. The van der Waals surface area contributed by atoms with Crippen LogP contribution in [0.2, 0.25) is 0 Å². The third-order valence-corrected chi connectivity index (χ3v) is 6.01. The lowest BCUT2D eigenvalue weighted by Crippen LogP contribution is -2.14. The lowest BCUT2D eigenvalue weighted by molar-refractivity contribution is -0.115. The summed E-state index contributed by atoms with van der Waals surface area (Å²) in [5, 5.41) is 13.7. The zero-order valence-electron chi connectivity index (χ0n) is 17.1. The van der Waals surface area contributed by atoms with Crippen LogP contribution in [0.15, 0.2) is 47.6 Å². The SMILES string of the molecule is Cc1cc(C)c(NC(=O)CCSc2nnc3cc(C)c4ccccc4n23)c(C)c1. The number of nitrogens with one attached hydrogen (secondary N) is 1. The molecular weight excluding hydrogens is 380 g/mol. The number of carbonyl (C=O) groups is 1. The van der Waals surface area contributed by atoms with E-state index in [2.05, 4.69) is 64.1 Å². The third kappa shape index (κ3) is 3.85. The Morgan fingerprint density at radius 3 is 2.48 bits per heavy atom. The van der Waals surface area contributed by atoms with Gasteiger partial charge in [-0.15, -0.1) is 10.2 Å². The van der Waals surface area contributed by atoms with E-state index in [-0.39, 0.29) is 5.91 Å². The number of amides is 1. The first-order chi connectivity index (χ1) is 13.9. The maximum Gasteiger partial charge on any atom is 0.225 e. The van der Waals surface area contributed by atoms with Crippen LogP contribution in [-0.4, -0.2) is 26.3 Å². The molecule has 1 N–H and O–H groups in total. The largest absolute Gasteiger partial charge is 0.326 e. The summed E-state index contributed by atoms with van der Waals surface area (Å²) in [7, 11) is 0. The molecule has 29 heavy (non-hydrogen) atoms. The number of thioether (sulfide) groups is 1. The highest BCUT2D eigenvalue weighted by Crippen LogP contribution is 2.26. The van der Waals surface area contributed by atoms with Gasteiger partial charge in [-0.05, 0) is 56.5 Å². The molecule has 4 aromatic rings. The number of aryl methyl sites for hydroxylation is 4. The highest BCUT2D eigenvalue weighted by molar-refractivity contribution is 7.99. The summed E-state index contributed by atoms with van der Waals surface area (Å²) in [6.45, 7) is 8.21. The lowest BCUT2D eigenvalue weighted by Gasteiger charge is -2.12. The number of hydrogen-bond acceptors (Lipinski definition) is 4. The van der Waals surface area contributed by atoms with E-state index < -0.39 is 0 Å². The van der Waals surface area contributed by atoms with Crippen LogP contribution in [0.4, 0.5) is 5.69 Å². The third-order valence-electron chi connectivity index (χ3n) is 5.08. The minimum atomic E-state index is 0.0158. The zero-order valence-corrected chi connectivity index (χ0v) is 17.9. The van der Waals surface area contributed by atoms with Crippen LogP contribution in [0.3, 0.4) is 0 Å². The van der Waals surface area contributed by atoms with E-state index in [1.54, 1.807) is 11.8 Å². The topological polar surface area (TPSA) is 59.3 Å². The first kappa shape index (κ1) is 19.5. The van der Waals surface area contributed by atoms with Crippen molar-refractivity contribution in [2.45, 2.75) is 39.3 Å². The van der Waals surface area contributed by atoms with Gasteiger partial charge in [-0.3, -0.25) is 9.20 Å². The van der Waals surface area contributed by atoms with Crippen molar-refractivity contribution in [3.8, 4) is 0 Å². The van der Waals surface area contributed by atoms with Crippen LogP contribution in [0, 0.1) is 27.7 Å². The highest BCUT2D eigenvalue weighted by atomic mass is 32.2. The van der Waals surface area contributed by atoms with E-state index >= 15 is 0 Å². The Morgan fingerprint density at radius 2 is 1.72 bits per heavy atom. The molecule has 5 nitrogen and oxygen atoms in total. The van der Waals surface area contributed by atoms with Crippen molar-refractivity contribution in [3.05, 3.63) is 64.7 Å². The van der Waals surface area contributed by atoms with Gasteiger partial charge in [0.2, 0.25) is 5.91 Å². The molecule has 0 aliphatic heterocycles. The molecule has 148 valence electrons. The van der Waals surface area contributed by atoms with Crippen LogP contribution < -0.4 is 5.32 Å². The molecule has 0 bridgehead atoms. The van der Waals surface area contributed by atoms with Gasteiger partial charge in [0.15, 0.2) is 10.8 Å². The summed E-state index contributed by atoms with van der Waals surface area (Å²) in [5.41, 5.74) is 7.40. The normalized spacial score (nSPS) is 11.3. The van der Waals surface area contributed by atoms with E-state index in [9.17, 15) is 4.79 Å². The molecule has 0 unspecified atom stereocenters. The quantitative estimate of drug-likeness (QED) is 0.462. The van der Waals surface area contributed by atoms with Gasteiger partial charge in [-0.25, -0.2) is 0 Å². The summed E-state index contributed by atoms with van der Waals surface area (Å²) >= 11 is 1.56. The lowest BCUT2D eigenvalue weighted by atomic mass is 10.1. The maximum absolute atomic E-state index is 12.5. The highest BCUT2D eigenvalue weighted by Gasteiger charge is 2.13. The average molecular weight is 405 g/mol. The van der Waals surface area contributed by atoms with Crippen molar-refractivity contribution < 1.29 is 4.79 Å². The molecule has 0 radical (unpaired) electrons. The summed E-state index contributed by atoms with van der Waals surface area (Å²) in [6.07, 6.45) is 0.413. The van der Waals surface area contributed by atoms with Gasteiger partial charge in [0.05, 0.1) is 5.52 Å². The van der Waals surface area contributed by atoms with E-state index in [1.807, 2.05) is 26.0 Å². The van der Waals surface area contributed by atoms with Crippen molar-refractivity contribution in [1.29, 1.82) is 0 Å². The number of para-hydroxylation sites is 1. The van der Waals surface area contributed by atoms with Crippen molar-refractivity contribution >= 4 is 39.9 Å². The second-order valence-corrected chi connectivity index (χ2v) is 8.50. The number of aromatic nitrogens is 3. The number of fused-ring (bicyclic) bond motifs is 3. The molecule has 0 fully saturated rings. The van der Waals surface area contributed by atoms with Gasteiger partial charge in [0, 0.05) is 23.2 Å². The van der Waals surface area contributed by atoms with Crippen molar-refractivity contribution in [3.63, 3.8) is 0 Å². The van der Waals surface area contributed by atoms with Gasteiger partial charge in [-0.1, -0.05) is 47.7 Å². The fourth-order valence-corrected chi connectivity index (χ4v) is 4.67. The summed E-state index contributed by atoms with van der Waals surface area (Å²) in [4.78, 5) is 12.5. The number of benzene rings is 2. The van der Waals surface area contributed by atoms with E-state index in [0.29, 0.717) is 12.2 Å². The molecule has 2 aromatic carbocycles. The van der Waals surface area contributed by atoms with E-state index in [0.717, 1.165) is 33.1 Å². The summed E-state index contributed by atoms with van der Waals surface area (Å²) in [6, 6.07) is 14.5. The van der Waals surface area contributed by atoms with Gasteiger partial charge in [0.25, 0.3) is 0 Å². The number of carbonyl (C=O) groups excluding carboxylic acids is 1. The molecule has 2 aromatic heterocycles.